The molecule has 0 aliphatic carbocycles. The fourth-order valence-corrected chi connectivity index (χ4v) is 6.67. The Morgan fingerprint density at radius 3 is 1.85 bits per heavy atom. The van der Waals surface area contributed by atoms with Gasteiger partial charge < -0.3 is 34.4 Å². The van der Waals surface area contributed by atoms with Gasteiger partial charge in [0, 0.05) is 30.8 Å². The normalized spacial score (nSPS) is 13.8. The van der Waals surface area contributed by atoms with Crippen LogP contribution in [0.1, 0.15) is 47.0 Å². The van der Waals surface area contributed by atoms with Crippen LogP contribution >= 0.6 is 27.3 Å². The van der Waals surface area contributed by atoms with Gasteiger partial charge in [0.05, 0.1) is 6.42 Å². The third-order valence-corrected chi connectivity index (χ3v) is 9.93. The predicted octanol–water partition coefficient (Wildman–Crippen LogP) is -7.72. The number of nitrogens with zero attached hydrogens (tertiary/aromatic N) is 1. The van der Waals surface area contributed by atoms with Crippen LogP contribution in [0.3, 0.4) is 0 Å². The average Bonchev–Trinajstić information content (AvgIpc) is 2.98. The van der Waals surface area contributed by atoms with Gasteiger partial charge in [0.15, 0.2) is 0 Å². The Morgan fingerprint density at radius 1 is 0.870 bits per heavy atom. The fraction of sp³-hybridized carbons (Fsp3) is 0.407. The summed E-state index contributed by atoms with van der Waals surface area (Å²) in [4.78, 5) is 43.4. The van der Waals surface area contributed by atoms with Crippen LogP contribution in [0.25, 0.3) is 0 Å². The third-order valence-electron chi connectivity index (χ3n) is 5.51. The summed E-state index contributed by atoms with van der Waals surface area (Å²) >= 11 is 0.824. The van der Waals surface area contributed by atoms with E-state index in [1.165, 1.54) is 24.3 Å². The van der Waals surface area contributed by atoms with Crippen molar-refractivity contribution in [1.29, 1.82) is 1.12 Å². The van der Waals surface area contributed by atoms with Crippen LogP contribution in [0.5, 0.6) is 0 Å². The number of hydrazine groups is 1. The molecule has 0 heterocycles. The fourth-order valence-electron chi connectivity index (χ4n) is 3.28. The van der Waals surface area contributed by atoms with E-state index in [1.807, 2.05) is 0 Å². The summed E-state index contributed by atoms with van der Waals surface area (Å²) in [7, 11) is -7.37. The SMILES string of the molecule is C.C.O=C([O-])CCP(=O)([O-])c1ccccc1.[3H]SCCC(CCC([NH3+])=O)C([O-])=NNNOP(=O)(CCC(=O)[O-])c1ccccc1.[Na+].[Na+]. The Labute approximate surface area is 321 Å². The Bertz CT molecular complexity index is 1300. The van der Waals surface area contributed by atoms with E-state index in [0.29, 0.717) is 17.5 Å². The van der Waals surface area contributed by atoms with Crippen molar-refractivity contribution in [3.63, 3.8) is 0 Å². The molecule has 19 heteroatoms. The number of hydrogen-bond donors (Lipinski definition) is 4. The van der Waals surface area contributed by atoms with Crippen molar-refractivity contribution in [2.45, 2.75) is 47.0 Å². The molecule has 0 aromatic heterocycles. The third kappa shape index (κ3) is 21.8. The zero-order valence-electron chi connectivity index (χ0n) is 25.5. The quantitative estimate of drug-likeness (QED) is 0.0201. The van der Waals surface area contributed by atoms with Crippen LogP contribution in [-0.2, 0) is 28.1 Å². The Hall–Kier alpha value is -1.03. The number of hydrogen-bond acceptors (Lipinski definition) is 14. The van der Waals surface area contributed by atoms with Gasteiger partial charge in [-0.3, -0.25) is 10.3 Å². The summed E-state index contributed by atoms with van der Waals surface area (Å²) in [5, 5.41) is 37.1. The molecule has 0 saturated heterocycles. The molecule has 0 saturated carbocycles. The van der Waals surface area contributed by atoms with Gasteiger partial charge in [0.25, 0.3) is 7.37 Å². The molecule has 2 aromatic rings. The van der Waals surface area contributed by atoms with Gasteiger partial charge in [-0.2, -0.15) is 17.6 Å². The first-order chi connectivity index (χ1) is 20.3. The molecule has 0 radical (unpaired) electrons. The maximum Gasteiger partial charge on any atom is 1.00 e. The van der Waals surface area contributed by atoms with Gasteiger partial charge in [-0.1, -0.05) is 69.0 Å². The van der Waals surface area contributed by atoms with Crippen molar-refractivity contribution >= 4 is 61.6 Å². The number of hydrazone groups is 1. The van der Waals surface area contributed by atoms with E-state index in [4.69, 9.17) is 5.75 Å². The van der Waals surface area contributed by atoms with Gasteiger partial charge in [-0.25, -0.2) is 15.0 Å². The molecular formula is C27H41N4Na2O10P2S-. The van der Waals surface area contributed by atoms with Gasteiger partial charge >= 0.3 is 65.0 Å². The number of carbonyl (C=O) groups excluding carboxylic acids is 3. The molecule has 3 atom stereocenters. The molecule has 46 heavy (non-hydrogen) atoms. The van der Waals surface area contributed by atoms with E-state index >= 15 is 0 Å². The molecular weight excluding hydrogens is 680 g/mol. The van der Waals surface area contributed by atoms with Crippen LogP contribution < -0.4 is 107 Å². The molecule has 5 N–H and O–H groups in total. The van der Waals surface area contributed by atoms with Gasteiger partial charge in [0.1, 0.15) is 1.12 Å². The number of quaternary nitrogens is 1. The number of nitrogens with one attached hydrogen (secondary N) is 2. The summed E-state index contributed by atoms with van der Waals surface area (Å²) < 4.78 is 36.7. The first kappa shape index (κ1) is 49.4. The van der Waals surface area contributed by atoms with Crippen LogP contribution in [0, 0.1) is 5.92 Å². The number of amides is 1. The standard InChI is InChI=1S/C16H25N4O6PS.C9H11O4P.2CH4.2Na/c17-14(21)7-6-12(9-11-28)16(24)18-19-20-26-27(25,10-8-15(22)23)13-4-2-1-3-5-13;10-9(11)6-7-14(12,13)8-4-2-1-3-5-8;;;;/h1-5,12,19-20,28H,6-11H2,(H2,17,21)(H,18,24)(H,22,23);1-5H,6-7H2,(H,10,11)(H,12,13);2*1H4;;/q;;;;2*+1/p-3/i/hT. The van der Waals surface area contributed by atoms with Gasteiger partial charge in [-0.15, -0.1) is 0 Å². The number of carboxylic acids is 2. The first-order valence-electron chi connectivity index (χ1n) is 13.0. The smallest absolute Gasteiger partial charge is 0.860 e. The van der Waals surface area contributed by atoms with E-state index in [0.717, 1.165) is 12.5 Å². The topological polar surface area (TPSA) is 251 Å². The first-order valence-corrected chi connectivity index (χ1v) is 16.8. The molecule has 0 aliphatic rings. The Kier molecular flexibility index (Phi) is 29.9. The predicted molar refractivity (Wildman–Crippen MR) is 164 cm³/mol. The van der Waals surface area contributed by atoms with Crippen molar-refractivity contribution in [3.05, 3.63) is 60.7 Å². The number of benzene rings is 2. The number of carbonyl (C=O) groups is 3. The minimum Gasteiger partial charge on any atom is -0.860 e. The summed E-state index contributed by atoms with van der Waals surface area (Å²) in [5.74, 6) is -3.77. The molecule has 2 aromatic carbocycles. The summed E-state index contributed by atoms with van der Waals surface area (Å²) in [6.07, 6.45) is -0.908. The maximum absolute atomic E-state index is 13.0. The Balaban J connectivity index is -0.000000438. The second-order valence-electron chi connectivity index (χ2n) is 8.73. The van der Waals surface area contributed by atoms with Crippen LogP contribution in [0.15, 0.2) is 65.8 Å². The van der Waals surface area contributed by atoms with E-state index < -0.39 is 51.3 Å². The molecule has 2 rings (SSSR count). The van der Waals surface area contributed by atoms with E-state index in [9.17, 15) is 43.7 Å². The van der Waals surface area contributed by atoms with E-state index in [2.05, 4.69) is 22.0 Å². The molecule has 0 aliphatic heterocycles. The van der Waals surface area contributed by atoms with E-state index in [-0.39, 0.29) is 110 Å². The minimum absolute atomic E-state index is 0. The largest absolute Gasteiger partial charge is 1.00 e. The number of carboxylic acid groups (broad SMARTS) is 2. The van der Waals surface area contributed by atoms with Crippen molar-refractivity contribution in [1.82, 2.24) is 11.1 Å². The summed E-state index contributed by atoms with van der Waals surface area (Å²) in [5.41, 5.74) is 7.54. The van der Waals surface area contributed by atoms with Crippen molar-refractivity contribution < 1.29 is 113 Å². The number of rotatable bonds is 19. The van der Waals surface area contributed by atoms with Crippen molar-refractivity contribution in [3.8, 4) is 0 Å². The van der Waals surface area contributed by atoms with E-state index in [1.54, 1.807) is 36.4 Å². The molecule has 1 amide bonds. The van der Waals surface area contributed by atoms with Crippen molar-refractivity contribution in [2.75, 3.05) is 18.1 Å². The molecule has 0 fully saturated rings. The maximum atomic E-state index is 13.0. The summed E-state index contributed by atoms with van der Waals surface area (Å²) in [6.45, 7) is 0. The second kappa shape index (κ2) is 27.9. The molecule has 248 valence electrons. The van der Waals surface area contributed by atoms with Crippen LogP contribution in [0.2, 0.25) is 0 Å². The van der Waals surface area contributed by atoms with Gasteiger partial charge in [-0.05, 0) is 66.9 Å². The molecule has 0 spiro atoms. The second-order valence-corrected chi connectivity index (χ2v) is 13.9. The molecule has 14 nitrogen and oxygen atoms in total. The molecule has 0 bridgehead atoms. The van der Waals surface area contributed by atoms with Gasteiger partial charge in [0.2, 0.25) is 0 Å². The number of aliphatic carboxylic acids is 2. The summed E-state index contributed by atoms with van der Waals surface area (Å²) in [6, 6.07) is 15.8. The monoisotopic (exact) mass is 723 g/mol. The molecule has 3 unspecified atom stereocenters. The van der Waals surface area contributed by atoms with Crippen molar-refractivity contribution in [2.24, 2.45) is 11.0 Å². The average molecular weight is 724 g/mol. The zero-order chi connectivity index (χ0) is 32.3. The zero-order valence-corrected chi connectivity index (χ0v) is 31.2. The van der Waals surface area contributed by atoms with Crippen LogP contribution in [0.4, 0.5) is 0 Å². The minimum atomic E-state index is -3.77. The Morgan fingerprint density at radius 2 is 1.37 bits per heavy atom. The van der Waals surface area contributed by atoms with Crippen LogP contribution in [-0.4, -0.2) is 42.9 Å². The number of thiol groups is 1.